The van der Waals surface area contributed by atoms with Crippen molar-refractivity contribution < 1.29 is 14.3 Å². The molecule has 0 radical (unpaired) electrons. The molecule has 0 bridgehead atoms. The summed E-state index contributed by atoms with van der Waals surface area (Å²) < 4.78 is 14.8. The zero-order chi connectivity index (χ0) is 22.2. The van der Waals surface area contributed by atoms with Crippen LogP contribution in [0.4, 0.5) is 5.95 Å². The molecule has 1 fully saturated rings. The minimum atomic E-state index is -0.419. The molecule has 2 aliphatic rings. The number of aromatic nitrogens is 2. The molecule has 0 amide bonds. The number of hydrogen-bond acceptors (Lipinski definition) is 5. The summed E-state index contributed by atoms with van der Waals surface area (Å²) in [6.45, 7) is 1.92. The number of ether oxygens (including phenoxy) is 2. The van der Waals surface area contributed by atoms with Gasteiger partial charge in [0.25, 0.3) is 0 Å². The maximum absolute atomic E-state index is 13.6. The van der Waals surface area contributed by atoms with Crippen LogP contribution < -0.4 is 10.1 Å². The Morgan fingerprint density at radius 3 is 2.72 bits per heavy atom. The van der Waals surface area contributed by atoms with Crippen LogP contribution in [0.25, 0.3) is 11.0 Å². The van der Waals surface area contributed by atoms with E-state index >= 15 is 0 Å². The van der Waals surface area contributed by atoms with Crippen LogP contribution in [0.2, 0.25) is 0 Å². The summed E-state index contributed by atoms with van der Waals surface area (Å²) in [6.07, 6.45) is 5.25. The van der Waals surface area contributed by atoms with E-state index in [1.807, 2.05) is 49.4 Å². The van der Waals surface area contributed by atoms with Crippen molar-refractivity contribution in [3.05, 3.63) is 63.8 Å². The molecule has 1 aliphatic carbocycles. The van der Waals surface area contributed by atoms with Crippen LogP contribution in [0.1, 0.15) is 50.6 Å². The van der Waals surface area contributed by atoms with Gasteiger partial charge in [0.2, 0.25) is 5.95 Å². The number of methoxy groups -OCH3 is 1. The summed E-state index contributed by atoms with van der Waals surface area (Å²) in [6, 6.07) is 13.4. The number of carbonyl (C=O) groups is 1. The summed E-state index contributed by atoms with van der Waals surface area (Å²) >= 11 is 3.53. The monoisotopic (exact) mass is 495 g/mol. The number of halogens is 1. The van der Waals surface area contributed by atoms with Gasteiger partial charge in [-0.3, -0.25) is 4.57 Å². The number of hydrogen-bond donors (Lipinski definition) is 1. The van der Waals surface area contributed by atoms with Gasteiger partial charge in [0.1, 0.15) is 11.9 Å². The highest BCUT2D eigenvalue weighted by Crippen LogP contribution is 2.43. The second kappa shape index (κ2) is 8.62. The number of anilines is 1. The molecule has 0 spiro atoms. The molecule has 1 aromatic heterocycles. The summed E-state index contributed by atoms with van der Waals surface area (Å²) in [7, 11) is 1.65. The molecule has 1 saturated carbocycles. The maximum atomic E-state index is 13.6. The third kappa shape index (κ3) is 3.68. The molecule has 5 rings (SSSR count). The molecular weight excluding hydrogens is 470 g/mol. The van der Waals surface area contributed by atoms with E-state index < -0.39 is 6.04 Å². The van der Waals surface area contributed by atoms with Gasteiger partial charge in [-0.25, -0.2) is 9.78 Å². The minimum Gasteiger partial charge on any atom is -0.496 e. The number of benzene rings is 2. The predicted octanol–water partition coefficient (Wildman–Crippen LogP) is 5.97. The van der Waals surface area contributed by atoms with Gasteiger partial charge in [-0.05, 0) is 56.9 Å². The zero-order valence-electron chi connectivity index (χ0n) is 18.2. The van der Waals surface area contributed by atoms with E-state index in [0.29, 0.717) is 17.3 Å². The first-order chi connectivity index (χ1) is 15.6. The van der Waals surface area contributed by atoms with Crippen molar-refractivity contribution in [1.29, 1.82) is 0 Å². The molecule has 1 unspecified atom stereocenters. The number of imidazole rings is 1. The first kappa shape index (κ1) is 21.1. The Hall–Kier alpha value is -2.80. The smallest absolute Gasteiger partial charge is 0.338 e. The van der Waals surface area contributed by atoms with E-state index in [2.05, 4.69) is 25.8 Å². The number of para-hydroxylation sites is 2. The van der Waals surface area contributed by atoms with Crippen molar-refractivity contribution in [3.8, 4) is 5.75 Å². The van der Waals surface area contributed by atoms with Gasteiger partial charge in [0.05, 0.1) is 29.8 Å². The molecule has 1 N–H and O–H groups in total. The van der Waals surface area contributed by atoms with Gasteiger partial charge in [0.15, 0.2) is 0 Å². The van der Waals surface area contributed by atoms with E-state index in [1.54, 1.807) is 7.11 Å². The molecule has 1 atom stereocenters. The Morgan fingerprint density at radius 2 is 1.94 bits per heavy atom. The van der Waals surface area contributed by atoms with Crippen LogP contribution in [-0.2, 0) is 9.53 Å². The number of nitrogens with one attached hydrogen (secondary N) is 1. The largest absolute Gasteiger partial charge is 0.496 e. The Kier molecular flexibility index (Phi) is 5.67. The Morgan fingerprint density at radius 1 is 1.16 bits per heavy atom. The average molecular weight is 496 g/mol. The fraction of sp³-hybridized carbons (Fsp3) is 0.360. The second-order valence-corrected chi connectivity index (χ2v) is 9.33. The van der Waals surface area contributed by atoms with Gasteiger partial charge in [-0.15, -0.1) is 0 Å². The van der Waals surface area contributed by atoms with Gasteiger partial charge in [-0.2, -0.15) is 0 Å². The molecule has 3 aromatic rings. The molecule has 2 heterocycles. The van der Waals surface area contributed by atoms with Crippen LogP contribution in [-0.4, -0.2) is 28.7 Å². The topological polar surface area (TPSA) is 65.4 Å². The predicted molar refractivity (Wildman–Crippen MR) is 128 cm³/mol. The molecule has 166 valence electrons. The lowest BCUT2D eigenvalue weighted by molar-refractivity contribution is -0.146. The van der Waals surface area contributed by atoms with Crippen LogP contribution in [0.15, 0.2) is 58.2 Å². The highest BCUT2D eigenvalue weighted by molar-refractivity contribution is 9.10. The molecule has 6 nitrogen and oxygen atoms in total. The van der Waals surface area contributed by atoms with Crippen molar-refractivity contribution in [2.24, 2.45) is 0 Å². The Balaban J connectivity index is 1.66. The number of rotatable bonds is 4. The summed E-state index contributed by atoms with van der Waals surface area (Å²) in [5.74, 6) is 1.12. The molecule has 0 saturated heterocycles. The molecule has 1 aliphatic heterocycles. The first-order valence-electron chi connectivity index (χ1n) is 11.1. The van der Waals surface area contributed by atoms with Crippen LogP contribution in [0.5, 0.6) is 5.75 Å². The van der Waals surface area contributed by atoms with Crippen molar-refractivity contribution in [3.63, 3.8) is 0 Å². The van der Waals surface area contributed by atoms with Crippen LogP contribution >= 0.6 is 15.9 Å². The third-order valence-electron chi connectivity index (χ3n) is 6.37. The van der Waals surface area contributed by atoms with E-state index in [1.165, 1.54) is 6.42 Å². The number of fused-ring (bicyclic) bond motifs is 3. The first-order valence-corrected chi connectivity index (χ1v) is 11.9. The lowest BCUT2D eigenvalue weighted by Gasteiger charge is -2.32. The maximum Gasteiger partial charge on any atom is 0.338 e. The van der Waals surface area contributed by atoms with Crippen molar-refractivity contribution in [2.45, 2.75) is 51.2 Å². The van der Waals surface area contributed by atoms with Crippen LogP contribution in [0, 0.1) is 0 Å². The van der Waals surface area contributed by atoms with Gasteiger partial charge >= 0.3 is 5.97 Å². The van der Waals surface area contributed by atoms with Gasteiger partial charge < -0.3 is 14.8 Å². The van der Waals surface area contributed by atoms with E-state index in [4.69, 9.17) is 14.5 Å². The average Bonchev–Trinajstić information content (AvgIpc) is 3.16. The van der Waals surface area contributed by atoms with Gasteiger partial charge in [0, 0.05) is 15.7 Å². The molecular formula is C25H26BrN3O3. The fourth-order valence-corrected chi connectivity index (χ4v) is 5.17. The zero-order valence-corrected chi connectivity index (χ0v) is 19.8. The third-order valence-corrected chi connectivity index (χ3v) is 6.86. The molecule has 7 heteroatoms. The summed E-state index contributed by atoms with van der Waals surface area (Å²) in [5.41, 5.74) is 4.04. The van der Waals surface area contributed by atoms with Crippen molar-refractivity contribution in [1.82, 2.24) is 9.55 Å². The van der Waals surface area contributed by atoms with E-state index in [9.17, 15) is 4.79 Å². The quantitative estimate of drug-likeness (QED) is 0.451. The van der Waals surface area contributed by atoms with Crippen molar-refractivity contribution in [2.75, 3.05) is 12.4 Å². The Labute approximate surface area is 195 Å². The second-order valence-electron chi connectivity index (χ2n) is 8.41. The fourth-order valence-electron chi connectivity index (χ4n) is 4.83. The summed E-state index contributed by atoms with van der Waals surface area (Å²) in [4.78, 5) is 18.4. The highest BCUT2D eigenvalue weighted by Gasteiger charge is 2.37. The van der Waals surface area contributed by atoms with Crippen LogP contribution in [0.3, 0.4) is 0 Å². The normalized spacial score (nSPS) is 18.9. The number of nitrogens with zero attached hydrogens (tertiary/aromatic N) is 2. The number of allylic oxidation sites excluding steroid dienone is 1. The molecule has 2 aromatic carbocycles. The Bertz CT molecular complexity index is 1210. The van der Waals surface area contributed by atoms with E-state index in [0.717, 1.165) is 52.4 Å². The number of esters is 1. The number of carbonyl (C=O) groups excluding carboxylic acids is 1. The molecule has 32 heavy (non-hydrogen) atoms. The summed E-state index contributed by atoms with van der Waals surface area (Å²) in [5, 5.41) is 3.35. The standard InChI is InChI=1S/C25H26BrN3O3/c1-15-22(24(30)32-17-8-4-3-5-9-17)23(18-13-12-16(26)14-21(18)31-2)29-20-11-7-6-10-19(20)28-25(29)27-15/h6-7,10-14,17,23H,3-5,8-9H2,1-2H3,(H,27,28). The lowest BCUT2D eigenvalue weighted by Crippen LogP contribution is -2.31. The highest BCUT2D eigenvalue weighted by atomic mass is 79.9. The lowest BCUT2D eigenvalue weighted by atomic mass is 9.93. The van der Waals surface area contributed by atoms with Crippen molar-refractivity contribution >= 4 is 38.9 Å². The van der Waals surface area contributed by atoms with E-state index in [-0.39, 0.29) is 12.1 Å². The SMILES string of the molecule is COc1cc(Br)ccc1C1C(C(=O)OC2CCCCC2)=C(C)Nc2nc3ccccc3n21. The van der Waals surface area contributed by atoms with Gasteiger partial charge in [-0.1, -0.05) is 40.5 Å². The minimum absolute atomic E-state index is 0.0232.